The van der Waals surface area contributed by atoms with Gasteiger partial charge in [0.2, 0.25) is 0 Å². The Hall–Kier alpha value is -1.82. The molecule has 18 heavy (non-hydrogen) atoms. The minimum Gasteiger partial charge on any atom is -0.480 e. The summed E-state index contributed by atoms with van der Waals surface area (Å²) in [7, 11) is 0. The van der Waals surface area contributed by atoms with Crippen LogP contribution in [0.1, 0.15) is 15.9 Å². The van der Waals surface area contributed by atoms with E-state index in [2.05, 4.69) is 10.3 Å². The van der Waals surface area contributed by atoms with Crippen LogP contribution in [0.25, 0.3) is 0 Å². The average Bonchev–Trinajstić information content (AvgIpc) is 2.78. The molecule has 0 bridgehead atoms. The Kier molecular flexibility index (Phi) is 3.66. The predicted octanol–water partition coefficient (Wildman–Crippen LogP) is 1.28. The molecule has 0 aliphatic carbocycles. The maximum atomic E-state index is 11.8. The van der Waals surface area contributed by atoms with Gasteiger partial charge in [0, 0.05) is 11.3 Å². The zero-order valence-electron chi connectivity index (χ0n) is 9.71. The lowest BCUT2D eigenvalue weighted by molar-refractivity contribution is -0.137. The van der Waals surface area contributed by atoms with Gasteiger partial charge in [-0.15, -0.1) is 0 Å². The van der Waals surface area contributed by atoms with Crippen molar-refractivity contribution < 1.29 is 14.7 Å². The van der Waals surface area contributed by atoms with Gasteiger partial charge in [0.05, 0.1) is 0 Å². The van der Waals surface area contributed by atoms with Crippen molar-refractivity contribution in [3.05, 3.63) is 35.4 Å². The van der Waals surface area contributed by atoms with E-state index in [1.807, 2.05) is 19.1 Å². The van der Waals surface area contributed by atoms with Gasteiger partial charge in [-0.25, -0.2) is 9.79 Å². The number of nitrogens with one attached hydrogen (secondary N) is 1. The second kappa shape index (κ2) is 5.22. The van der Waals surface area contributed by atoms with Crippen molar-refractivity contribution in [3.63, 3.8) is 0 Å². The van der Waals surface area contributed by atoms with Crippen LogP contribution in [0.15, 0.2) is 29.3 Å². The summed E-state index contributed by atoms with van der Waals surface area (Å²) in [5, 5.41) is 11.8. The van der Waals surface area contributed by atoms with Crippen LogP contribution >= 0.6 is 11.8 Å². The zero-order valence-corrected chi connectivity index (χ0v) is 10.5. The summed E-state index contributed by atoms with van der Waals surface area (Å²) >= 11 is 1.24. The Morgan fingerprint density at radius 2 is 2.06 bits per heavy atom. The number of carboxylic acids is 1. The van der Waals surface area contributed by atoms with Gasteiger partial charge in [-0.1, -0.05) is 29.5 Å². The monoisotopic (exact) mass is 264 g/mol. The number of amides is 1. The van der Waals surface area contributed by atoms with E-state index in [1.54, 1.807) is 12.1 Å². The fourth-order valence-electron chi connectivity index (χ4n) is 1.44. The number of carbonyl (C=O) groups excluding carboxylic acids is 1. The molecule has 0 radical (unpaired) electrons. The maximum Gasteiger partial charge on any atom is 0.329 e. The smallest absolute Gasteiger partial charge is 0.329 e. The average molecular weight is 264 g/mol. The molecular weight excluding hydrogens is 252 g/mol. The van der Waals surface area contributed by atoms with Crippen LogP contribution in [-0.4, -0.2) is 33.9 Å². The summed E-state index contributed by atoms with van der Waals surface area (Å²) in [6.45, 7) is 1.94. The van der Waals surface area contributed by atoms with E-state index >= 15 is 0 Å². The van der Waals surface area contributed by atoms with Crippen LogP contribution in [0.3, 0.4) is 0 Å². The van der Waals surface area contributed by atoms with Gasteiger partial charge in [0.15, 0.2) is 11.2 Å². The van der Waals surface area contributed by atoms with E-state index in [0.29, 0.717) is 16.5 Å². The number of aryl methyl sites for hydroxylation is 1. The Labute approximate surface area is 108 Å². The molecule has 1 atom stereocenters. The first-order valence-electron chi connectivity index (χ1n) is 5.37. The number of benzene rings is 1. The van der Waals surface area contributed by atoms with Gasteiger partial charge in [-0.2, -0.15) is 0 Å². The number of thioether (sulfide) groups is 1. The molecule has 1 aromatic rings. The number of carbonyl (C=O) groups is 2. The zero-order chi connectivity index (χ0) is 13.1. The summed E-state index contributed by atoms with van der Waals surface area (Å²) in [5.74, 6) is -0.881. The number of aliphatic imine (C=N–C) groups is 1. The number of amidine groups is 1. The number of rotatable bonds is 2. The number of aliphatic carboxylic acids is 1. The van der Waals surface area contributed by atoms with Crippen molar-refractivity contribution in [1.82, 2.24) is 5.32 Å². The van der Waals surface area contributed by atoms with Gasteiger partial charge in [-0.05, 0) is 19.1 Å². The van der Waals surface area contributed by atoms with E-state index < -0.39 is 12.0 Å². The van der Waals surface area contributed by atoms with Gasteiger partial charge in [0.1, 0.15) is 0 Å². The quantitative estimate of drug-likeness (QED) is 0.843. The first kappa shape index (κ1) is 12.6. The molecule has 94 valence electrons. The minimum atomic E-state index is -0.970. The maximum absolute atomic E-state index is 11.8. The molecule has 0 aromatic heterocycles. The molecule has 6 heteroatoms. The standard InChI is InChI=1S/C12H12N2O3S/c1-7-2-4-8(5-3-7)10(15)14-12-13-9(6-18-12)11(16)17/h2-5,9H,6H2,1H3,(H,16,17)(H,13,14,15). The minimum absolute atomic E-state index is 0.271. The Morgan fingerprint density at radius 3 is 2.61 bits per heavy atom. The normalized spacial score (nSPS) is 18.3. The molecule has 1 aromatic carbocycles. The van der Waals surface area contributed by atoms with E-state index in [0.717, 1.165) is 5.56 Å². The van der Waals surface area contributed by atoms with Gasteiger partial charge >= 0.3 is 5.97 Å². The molecule has 1 aliphatic rings. The molecule has 0 spiro atoms. The summed E-state index contributed by atoms with van der Waals surface area (Å²) in [6.07, 6.45) is 0. The van der Waals surface area contributed by atoms with E-state index in [-0.39, 0.29) is 5.91 Å². The highest BCUT2D eigenvalue weighted by Crippen LogP contribution is 2.17. The third kappa shape index (κ3) is 2.89. The fraction of sp³-hybridized carbons (Fsp3) is 0.250. The first-order valence-corrected chi connectivity index (χ1v) is 6.36. The summed E-state index contributed by atoms with van der Waals surface area (Å²) in [4.78, 5) is 26.5. The summed E-state index contributed by atoms with van der Waals surface area (Å²) in [5.41, 5.74) is 1.60. The van der Waals surface area contributed by atoms with Crippen LogP contribution in [-0.2, 0) is 4.79 Å². The number of nitrogens with zero attached hydrogens (tertiary/aromatic N) is 1. The second-order valence-electron chi connectivity index (χ2n) is 3.92. The number of hydrogen-bond donors (Lipinski definition) is 2. The Morgan fingerprint density at radius 1 is 1.39 bits per heavy atom. The molecule has 0 saturated carbocycles. The van der Waals surface area contributed by atoms with E-state index in [1.165, 1.54) is 11.8 Å². The largest absolute Gasteiger partial charge is 0.480 e. The summed E-state index contributed by atoms with van der Waals surface area (Å²) in [6, 6.07) is 6.37. The molecule has 0 fully saturated rings. The van der Waals surface area contributed by atoms with Crippen molar-refractivity contribution in [2.45, 2.75) is 13.0 Å². The lowest BCUT2D eigenvalue weighted by Gasteiger charge is -2.03. The van der Waals surface area contributed by atoms with Crippen molar-refractivity contribution in [1.29, 1.82) is 0 Å². The highest BCUT2D eigenvalue weighted by molar-refractivity contribution is 8.14. The van der Waals surface area contributed by atoms with Crippen LogP contribution in [0, 0.1) is 6.92 Å². The summed E-state index contributed by atoms with van der Waals surface area (Å²) < 4.78 is 0. The van der Waals surface area contributed by atoms with Gasteiger partial charge in [-0.3, -0.25) is 4.79 Å². The third-order valence-corrected chi connectivity index (χ3v) is 3.43. The van der Waals surface area contributed by atoms with E-state index in [4.69, 9.17) is 5.11 Å². The molecular formula is C12H12N2O3S. The molecule has 0 saturated heterocycles. The SMILES string of the molecule is Cc1ccc(C(=O)NC2=NC(C(=O)O)CS2)cc1. The third-order valence-electron chi connectivity index (χ3n) is 2.47. The second-order valence-corrected chi connectivity index (χ2v) is 4.93. The van der Waals surface area contributed by atoms with Crippen LogP contribution < -0.4 is 5.32 Å². The van der Waals surface area contributed by atoms with Crippen molar-refractivity contribution in [2.75, 3.05) is 5.75 Å². The Balaban J connectivity index is 2.02. The van der Waals surface area contributed by atoms with Crippen molar-refractivity contribution >= 4 is 28.8 Å². The molecule has 5 nitrogen and oxygen atoms in total. The highest BCUT2D eigenvalue weighted by Gasteiger charge is 2.25. The van der Waals surface area contributed by atoms with Crippen LogP contribution in [0.5, 0.6) is 0 Å². The fourth-order valence-corrected chi connectivity index (χ4v) is 2.34. The van der Waals surface area contributed by atoms with Gasteiger partial charge in [0.25, 0.3) is 5.91 Å². The number of hydrogen-bond acceptors (Lipinski definition) is 4. The molecule has 1 unspecified atom stereocenters. The highest BCUT2D eigenvalue weighted by atomic mass is 32.2. The van der Waals surface area contributed by atoms with Crippen LogP contribution in [0.2, 0.25) is 0 Å². The molecule has 1 amide bonds. The van der Waals surface area contributed by atoms with Crippen LogP contribution in [0.4, 0.5) is 0 Å². The predicted molar refractivity (Wildman–Crippen MR) is 70.0 cm³/mol. The number of carboxylic acid groups (broad SMARTS) is 1. The molecule has 2 N–H and O–H groups in total. The first-order chi connectivity index (χ1) is 8.56. The van der Waals surface area contributed by atoms with E-state index in [9.17, 15) is 9.59 Å². The topological polar surface area (TPSA) is 78.8 Å². The Bertz CT molecular complexity index is 511. The van der Waals surface area contributed by atoms with Crippen molar-refractivity contribution in [3.8, 4) is 0 Å². The molecule has 1 aliphatic heterocycles. The molecule has 2 rings (SSSR count). The lowest BCUT2D eigenvalue weighted by atomic mass is 10.1. The van der Waals surface area contributed by atoms with Crippen molar-refractivity contribution in [2.24, 2.45) is 4.99 Å². The van der Waals surface area contributed by atoms with Gasteiger partial charge < -0.3 is 10.4 Å². The molecule has 1 heterocycles. The lowest BCUT2D eigenvalue weighted by Crippen LogP contribution is -2.27.